The van der Waals surface area contributed by atoms with Crippen molar-refractivity contribution >= 4 is 12.6 Å². The minimum atomic E-state index is -0.0556. The molecule has 1 rings (SSSR count). The van der Waals surface area contributed by atoms with Crippen LogP contribution in [0.25, 0.3) is 0 Å². The summed E-state index contributed by atoms with van der Waals surface area (Å²) in [4.78, 5) is -0.0556. The predicted octanol–water partition coefficient (Wildman–Crippen LogP) is 0.663. The third-order valence-electron chi connectivity index (χ3n) is 0.562. The highest BCUT2D eigenvalue weighted by Crippen LogP contribution is 2.29. The molecule has 30 valence electrons. The van der Waals surface area contributed by atoms with E-state index >= 15 is 0 Å². The van der Waals surface area contributed by atoms with Gasteiger partial charge in [-0.1, -0.05) is 0 Å². The van der Waals surface area contributed by atoms with Gasteiger partial charge in [0.2, 0.25) is 0 Å². The largest absolute Gasteiger partial charge is 0.359 e. The Labute approximate surface area is 36.7 Å². The number of hydrogen-bond donors (Lipinski definition) is 1. The Kier molecular flexibility index (Phi) is 0.478. The van der Waals surface area contributed by atoms with Crippen LogP contribution in [0.2, 0.25) is 0 Å². The zero-order chi connectivity index (χ0) is 3.91. The van der Waals surface area contributed by atoms with Crippen LogP contribution in [0.4, 0.5) is 0 Å². The Balaban J connectivity index is 2.38. The van der Waals surface area contributed by atoms with Crippen molar-refractivity contribution in [3.05, 3.63) is 0 Å². The van der Waals surface area contributed by atoms with Gasteiger partial charge in [0.05, 0.1) is 6.61 Å². The van der Waals surface area contributed by atoms with Gasteiger partial charge in [0.25, 0.3) is 0 Å². The smallest absolute Gasteiger partial charge is 0.131 e. The molecule has 0 N–H and O–H groups in total. The Morgan fingerprint density at radius 3 is 2.20 bits per heavy atom. The molecule has 2 heteroatoms. The molecular formula is C3H6OS. The summed E-state index contributed by atoms with van der Waals surface area (Å²) in [6, 6.07) is 0. The maximum atomic E-state index is 4.76. The van der Waals surface area contributed by atoms with E-state index in [0.717, 1.165) is 6.61 Å². The molecule has 0 aromatic carbocycles. The third-order valence-corrected chi connectivity index (χ3v) is 0.820. The second kappa shape index (κ2) is 0.684. The molecule has 0 saturated carbocycles. The van der Waals surface area contributed by atoms with E-state index < -0.39 is 0 Å². The maximum absolute atomic E-state index is 4.76. The molecule has 1 atom stereocenters. The number of ether oxygens (including phenoxy) is 1. The lowest BCUT2D eigenvalue weighted by molar-refractivity contribution is 0.403. The van der Waals surface area contributed by atoms with Gasteiger partial charge in [0.1, 0.15) is 4.93 Å². The fourth-order valence-electron chi connectivity index (χ4n) is 0.104. The summed E-state index contributed by atoms with van der Waals surface area (Å²) in [7, 11) is 0. The Bertz CT molecular complexity index is 44.9. The van der Waals surface area contributed by atoms with Gasteiger partial charge in [-0.3, -0.25) is 0 Å². The van der Waals surface area contributed by atoms with E-state index in [1.54, 1.807) is 0 Å². The van der Waals surface area contributed by atoms with Crippen LogP contribution in [0.15, 0.2) is 0 Å². The van der Waals surface area contributed by atoms with Gasteiger partial charge in [-0.05, 0) is 6.92 Å². The van der Waals surface area contributed by atoms with Crippen LogP contribution in [-0.4, -0.2) is 11.5 Å². The molecule has 1 unspecified atom stereocenters. The highest BCUT2D eigenvalue weighted by atomic mass is 32.1. The summed E-state index contributed by atoms with van der Waals surface area (Å²) >= 11 is 4.01. The minimum Gasteiger partial charge on any atom is -0.359 e. The summed E-state index contributed by atoms with van der Waals surface area (Å²) < 4.78 is 4.76. The quantitative estimate of drug-likeness (QED) is 0.340. The lowest BCUT2D eigenvalue weighted by Crippen LogP contribution is -1.85. The zero-order valence-corrected chi connectivity index (χ0v) is 3.96. The molecule has 0 radical (unpaired) electrons. The van der Waals surface area contributed by atoms with E-state index in [1.807, 2.05) is 6.92 Å². The van der Waals surface area contributed by atoms with Crippen molar-refractivity contribution in [2.45, 2.75) is 11.9 Å². The minimum absolute atomic E-state index is 0.0556. The molecule has 1 aliphatic heterocycles. The van der Waals surface area contributed by atoms with Gasteiger partial charge in [-0.2, -0.15) is 0 Å². The highest BCUT2D eigenvalue weighted by molar-refractivity contribution is 7.81. The number of thiol groups is 1. The second-order valence-corrected chi connectivity index (χ2v) is 2.41. The summed E-state index contributed by atoms with van der Waals surface area (Å²) in [5.41, 5.74) is 0. The van der Waals surface area contributed by atoms with Gasteiger partial charge in [-0.25, -0.2) is 0 Å². The van der Waals surface area contributed by atoms with Crippen molar-refractivity contribution in [3.8, 4) is 0 Å². The maximum Gasteiger partial charge on any atom is 0.131 e. The first-order valence-corrected chi connectivity index (χ1v) is 2.02. The summed E-state index contributed by atoms with van der Waals surface area (Å²) in [6.07, 6.45) is 0. The van der Waals surface area contributed by atoms with Crippen molar-refractivity contribution in [1.82, 2.24) is 0 Å². The van der Waals surface area contributed by atoms with Gasteiger partial charge >= 0.3 is 0 Å². The molecular weight excluding hydrogens is 84.1 g/mol. The zero-order valence-electron chi connectivity index (χ0n) is 3.06. The van der Waals surface area contributed by atoms with Crippen molar-refractivity contribution in [1.29, 1.82) is 0 Å². The third kappa shape index (κ3) is 0.816. The first kappa shape index (κ1) is 3.50. The molecule has 0 spiro atoms. The van der Waals surface area contributed by atoms with Crippen LogP contribution in [-0.2, 0) is 4.74 Å². The first-order valence-electron chi connectivity index (χ1n) is 1.57. The molecule has 1 nitrogen and oxygen atoms in total. The SMILES string of the molecule is CC1(S)CO1. The van der Waals surface area contributed by atoms with Crippen molar-refractivity contribution in [2.24, 2.45) is 0 Å². The standard InChI is InChI=1S/C3H6OS/c1-3(5)2-4-3/h5H,2H2,1H3. The number of epoxide rings is 1. The van der Waals surface area contributed by atoms with Crippen LogP contribution in [0.1, 0.15) is 6.92 Å². The molecule has 0 aromatic heterocycles. The molecule has 0 amide bonds. The number of rotatable bonds is 0. The topological polar surface area (TPSA) is 12.5 Å². The monoisotopic (exact) mass is 90.0 g/mol. The number of hydrogen-bond acceptors (Lipinski definition) is 2. The van der Waals surface area contributed by atoms with Crippen molar-refractivity contribution in [3.63, 3.8) is 0 Å². The normalized spacial score (nSPS) is 49.2. The Morgan fingerprint density at radius 1 is 2.00 bits per heavy atom. The van der Waals surface area contributed by atoms with E-state index in [9.17, 15) is 0 Å². The summed E-state index contributed by atoms with van der Waals surface area (Å²) in [6.45, 7) is 2.76. The fourth-order valence-corrected chi connectivity index (χ4v) is 0.169. The molecule has 5 heavy (non-hydrogen) atoms. The van der Waals surface area contributed by atoms with E-state index in [2.05, 4.69) is 12.6 Å². The molecule has 1 saturated heterocycles. The van der Waals surface area contributed by atoms with E-state index in [4.69, 9.17) is 4.74 Å². The van der Waals surface area contributed by atoms with E-state index in [0.29, 0.717) is 0 Å². The molecule has 1 heterocycles. The second-order valence-electron chi connectivity index (χ2n) is 1.46. The van der Waals surface area contributed by atoms with Gasteiger partial charge in [0.15, 0.2) is 0 Å². The lowest BCUT2D eigenvalue weighted by atomic mass is 10.6. The lowest BCUT2D eigenvalue weighted by Gasteiger charge is -1.80. The molecule has 0 aromatic rings. The molecule has 0 bridgehead atoms. The predicted molar refractivity (Wildman–Crippen MR) is 23.3 cm³/mol. The molecule has 0 aliphatic carbocycles. The average Bonchev–Trinajstić information content (AvgIpc) is 1.76. The average molecular weight is 90.1 g/mol. The van der Waals surface area contributed by atoms with Crippen molar-refractivity contribution < 1.29 is 4.74 Å². The van der Waals surface area contributed by atoms with Gasteiger partial charge in [-0.15, -0.1) is 12.6 Å². The van der Waals surface area contributed by atoms with E-state index in [1.165, 1.54) is 0 Å². The molecule has 1 fully saturated rings. The Hall–Kier alpha value is 0.310. The van der Waals surface area contributed by atoms with Gasteiger partial charge < -0.3 is 4.74 Å². The first-order chi connectivity index (χ1) is 2.21. The van der Waals surface area contributed by atoms with Crippen LogP contribution < -0.4 is 0 Å². The van der Waals surface area contributed by atoms with Gasteiger partial charge in [0, 0.05) is 0 Å². The molecule has 1 aliphatic rings. The fraction of sp³-hybridized carbons (Fsp3) is 1.00. The van der Waals surface area contributed by atoms with Crippen LogP contribution in [0.3, 0.4) is 0 Å². The van der Waals surface area contributed by atoms with E-state index in [-0.39, 0.29) is 4.93 Å². The summed E-state index contributed by atoms with van der Waals surface area (Å²) in [5, 5.41) is 0. The highest BCUT2D eigenvalue weighted by Gasteiger charge is 2.33. The van der Waals surface area contributed by atoms with Crippen LogP contribution in [0, 0.1) is 0 Å². The van der Waals surface area contributed by atoms with Crippen LogP contribution >= 0.6 is 12.6 Å². The van der Waals surface area contributed by atoms with Crippen molar-refractivity contribution in [2.75, 3.05) is 6.61 Å². The summed E-state index contributed by atoms with van der Waals surface area (Å²) in [5.74, 6) is 0. The Morgan fingerprint density at radius 2 is 2.20 bits per heavy atom. The van der Waals surface area contributed by atoms with Crippen LogP contribution in [0.5, 0.6) is 0 Å².